The predicted molar refractivity (Wildman–Crippen MR) is 79.6 cm³/mol. The number of morpholine rings is 1. The van der Waals surface area contributed by atoms with Gasteiger partial charge in [-0.15, -0.1) is 0 Å². The molecule has 1 aromatic carbocycles. The van der Waals surface area contributed by atoms with Crippen LogP contribution in [-0.2, 0) is 14.8 Å². The molecule has 7 nitrogen and oxygen atoms in total. The van der Waals surface area contributed by atoms with Crippen molar-refractivity contribution in [1.82, 2.24) is 4.31 Å². The Labute approximate surface area is 133 Å². The average molecular weight is 337 g/mol. The fourth-order valence-corrected chi connectivity index (χ4v) is 3.90. The highest BCUT2D eigenvalue weighted by Crippen LogP contribution is 2.27. The van der Waals surface area contributed by atoms with E-state index in [1.54, 1.807) is 12.1 Å². The summed E-state index contributed by atoms with van der Waals surface area (Å²) in [4.78, 5) is 11.0. The van der Waals surface area contributed by atoms with Crippen molar-refractivity contribution in [3.05, 3.63) is 54.0 Å². The first-order chi connectivity index (χ1) is 11.0. The topological polar surface area (TPSA) is 97.0 Å². The molecule has 1 aliphatic rings. The van der Waals surface area contributed by atoms with Gasteiger partial charge in [-0.05, 0) is 30.3 Å². The zero-order valence-corrected chi connectivity index (χ0v) is 12.9. The van der Waals surface area contributed by atoms with Gasteiger partial charge in [-0.25, -0.2) is 13.2 Å². The lowest BCUT2D eigenvalue weighted by atomic mass is 10.2. The van der Waals surface area contributed by atoms with E-state index in [0.29, 0.717) is 5.76 Å². The van der Waals surface area contributed by atoms with Crippen LogP contribution in [0.15, 0.2) is 52.0 Å². The maximum absolute atomic E-state index is 12.7. The van der Waals surface area contributed by atoms with E-state index < -0.39 is 22.1 Å². The Morgan fingerprint density at radius 2 is 2.09 bits per heavy atom. The Morgan fingerprint density at radius 3 is 2.78 bits per heavy atom. The molecule has 1 N–H and O–H groups in total. The van der Waals surface area contributed by atoms with Crippen LogP contribution in [0.3, 0.4) is 0 Å². The lowest BCUT2D eigenvalue weighted by molar-refractivity contribution is -0.0142. The van der Waals surface area contributed by atoms with E-state index in [4.69, 9.17) is 14.3 Å². The zero-order valence-electron chi connectivity index (χ0n) is 12.1. The van der Waals surface area contributed by atoms with Gasteiger partial charge in [-0.3, -0.25) is 0 Å². The molecular formula is C15H15NO6S. The number of rotatable bonds is 4. The summed E-state index contributed by atoms with van der Waals surface area (Å²) < 4.78 is 37.5. The second-order valence-corrected chi connectivity index (χ2v) is 7.01. The van der Waals surface area contributed by atoms with Crippen molar-refractivity contribution in [2.75, 3.05) is 19.7 Å². The zero-order chi connectivity index (χ0) is 16.4. The smallest absolute Gasteiger partial charge is 0.335 e. The molecule has 23 heavy (non-hydrogen) atoms. The second-order valence-electron chi connectivity index (χ2n) is 5.07. The molecule has 122 valence electrons. The highest BCUT2D eigenvalue weighted by atomic mass is 32.2. The lowest BCUT2D eigenvalue weighted by Gasteiger charge is -2.31. The minimum atomic E-state index is -3.79. The van der Waals surface area contributed by atoms with Crippen LogP contribution in [0.5, 0.6) is 0 Å². The van der Waals surface area contributed by atoms with Gasteiger partial charge in [-0.1, -0.05) is 6.07 Å². The Balaban J connectivity index is 1.87. The first-order valence-electron chi connectivity index (χ1n) is 6.97. The number of aromatic carboxylic acids is 1. The number of furan rings is 1. The number of ether oxygens (including phenoxy) is 1. The predicted octanol–water partition coefficient (Wildman–Crippen LogP) is 1.74. The van der Waals surface area contributed by atoms with Crippen molar-refractivity contribution in [1.29, 1.82) is 0 Å². The summed E-state index contributed by atoms with van der Waals surface area (Å²) in [5.41, 5.74) is -0.0677. The fraction of sp³-hybridized carbons (Fsp3) is 0.267. The van der Waals surface area contributed by atoms with Crippen molar-refractivity contribution in [3.63, 3.8) is 0 Å². The highest BCUT2D eigenvalue weighted by molar-refractivity contribution is 7.89. The molecule has 1 atom stereocenters. The van der Waals surface area contributed by atoms with E-state index in [2.05, 4.69) is 0 Å². The monoisotopic (exact) mass is 337 g/mol. The van der Waals surface area contributed by atoms with Crippen LogP contribution in [0.1, 0.15) is 22.2 Å². The van der Waals surface area contributed by atoms with Gasteiger partial charge in [0.1, 0.15) is 11.9 Å². The summed E-state index contributed by atoms with van der Waals surface area (Å²) in [5.74, 6) is -0.610. The maximum Gasteiger partial charge on any atom is 0.335 e. The Morgan fingerprint density at radius 1 is 1.26 bits per heavy atom. The van der Waals surface area contributed by atoms with Gasteiger partial charge < -0.3 is 14.3 Å². The summed E-state index contributed by atoms with van der Waals surface area (Å²) in [6.07, 6.45) is 1.03. The average Bonchev–Trinajstić information content (AvgIpc) is 3.09. The van der Waals surface area contributed by atoms with Gasteiger partial charge in [0, 0.05) is 13.1 Å². The molecule has 0 bridgehead atoms. The minimum absolute atomic E-state index is 0.0440. The minimum Gasteiger partial charge on any atom is -0.478 e. The van der Waals surface area contributed by atoms with E-state index in [-0.39, 0.29) is 30.2 Å². The molecular weight excluding hydrogens is 322 g/mol. The van der Waals surface area contributed by atoms with Crippen LogP contribution in [0.4, 0.5) is 0 Å². The summed E-state index contributed by atoms with van der Waals surface area (Å²) in [6, 6.07) is 8.76. The maximum atomic E-state index is 12.7. The normalized spacial score (nSPS) is 19.6. The lowest BCUT2D eigenvalue weighted by Crippen LogP contribution is -2.42. The van der Waals surface area contributed by atoms with Crippen LogP contribution in [0.2, 0.25) is 0 Å². The third-order valence-electron chi connectivity index (χ3n) is 3.61. The number of sulfonamides is 1. The van der Waals surface area contributed by atoms with Crippen molar-refractivity contribution in [2.45, 2.75) is 11.0 Å². The summed E-state index contributed by atoms with van der Waals surface area (Å²) in [5, 5.41) is 9.01. The Bertz CT molecular complexity index is 799. The van der Waals surface area contributed by atoms with Crippen LogP contribution in [0.25, 0.3) is 0 Å². The molecule has 0 radical (unpaired) electrons. The molecule has 8 heteroatoms. The van der Waals surface area contributed by atoms with Crippen molar-refractivity contribution in [2.24, 2.45) is 0 Å². The van der Waals surface area contributed by atoms with Crippen molar-refractivity contribution >= 4 is 16.0 Å². The number of hydrogen-bond donors (Lipinski definition) is 1. The molecule has 0 spiro atoms. The van der Waals surface area contributed by atoms with Crippen LogP contribution in [0, 0.1) is 0 Å². The molecule has 1 saturated heterocycles. The number of nitrogens with zero attached hydrogens (tertiary/aromatic N) is 1. The number of hydrogen-bond acceptors (Lipinski definition) is 5. The largest absolute Gasteiger partial charge is 0.478 e. The first kappa shape index (κ1) is 15.7. The molecule has 0 aliphatic carbocycles. The number of carboxylic acid groups (broad SMARTS) is 1. The van der Waals surface area contributed by atoms with Crippen molar-refractivity contribution < 1.29 is 27.5 Å². The van der Waals surface area contributed by atoms with Gasteiger partial charge in [0.15, 0.2) is 0 Å². The standard InChI is InChI=1S/C15H15NO6S/c17-15(18)11-3-1-4-12(9-11)23(19,20)16-6-8-22-14(10-16)13-5-2-7-21-13/h1-5,7,9,14H,6,8,10H2,(H,17,18). The molecule has 0 amide bonds. The summed E-state index contributed by atoms with van der Waals surface area (Å²) in [7, 11) is -3.79. The van der Waals surface area contributed by atoms with E-state index in [1.165, 1.54) is 28.8 Å². The van der Waals surface area contributed by atoms with Gasteiger partial charge >= 0.3 is 5.97 Å². The van der Waals surface area contributed by atoms with Gasteiger partial charge in [0.25, 0.3) is 0 Å². The Hall–Kier alpha value is -2.16. The van der Waals surface area contributed by atoms with Crippen LogP contribution >= 0.6 is 0 Å². The highest BCUT2D eigenvalue weighted by Gasteiger charge is 2.32. The van der Waals surface area contributed by atoms with Gasteiger partial charge in [-0.2, -0.15) is 4.31 Å². The quantitative estimate of drug-likeness (QED) is 0.913. The fourth-order valence-electron chi connectivity index (χ4n) is 2.43. The SMILES string of the molecule is O=C(O)c1cccc(S(=O)(=O)N2CCOC(c3ccco3)C2)c1. The van der Waals surface area contributed by atoms with E-state index in [9.17, 15) is 13.2 Å². The molecule has 3 rings (SSSR count). The third-order valence-corrected chi connectivity index (χ3v) is 5.47. The van der Waals surface area contributed by atoms with E-state index in [1.807, 2.05) is 0 Å². The van der Waals surface area contributed by atoms with Gasteiger partial charge in [0.05, 0.1) is 23.3 Å². The molecule has 1 fully saturated rings. The molecule has 1 aliphatic heterocycles. The molecule has 2 heterocycles. The van der Waals surface area contributed by atoms with E-state index in [0.717, 1.165) is 6.07 Å². The summed E-state index contributed by atoms with van der Waals surface area (Å²) in [6.45, 7) is 0.563. The number of carbonyl (C=O) groups is 1. The van der Waals surface area contributed by atoms with Crippen molar-refractivity contribution in [3.8, 4) is 0 Å². The Kier molecular flexibility index (Phi) is 4.20. The summed E-state index contributed by atoms with van der Waals surface area (Å²) >= 11 is 0. The van der Waals surface area contributed by atoms with Crippen LogP contribution in [-0.4, -0.2) is 43.5 Å². The van der Waals surface area contributed by atoms with Gasteiger partial charge in [0.2, 0.25) is 10.0 Å². The molecule has 1 aromatic heterocycles. The van der Waals surface area contributed by atoms with Crippen LogP contribution < -0.4 is 0 Å². The molecule has 2 aromatic rings. The van der Waals surface area contributed by atoms with E-state index >= 15 is 0 Å². The number of carboxylic acids is 1. The number of benzene rings is 1. The molecule has 0 saturated carbocycles. The first-order valence-corrected chi connectivity index (χ1v) is 8.41. The third kappa shape index (κ3) is 3.14. The second kappa shape index (κ2) is 6.15. The molecule has 1 unspecified atom stereocenters.